The quantitative estimate of drug-likeness (QED) is 0.566. The van der Waals surface area contributed by atoms with Gasteiger partial charge in [-0.25, -0.2) is 9.20 Å². The van der Waals surface area contributed by atoms with Crippen molar-refractivity contribution in [2.24, 2.45) is 0 Å². The van der Waals surface area contributed by atoms with Gasteiger partial charge in [0, 0.05) is 6.20 Å². The Bertz CT molecular complexity index is 1140. The number of nitrogens with zero attached hydrogens (tertiary/aromatic N) is 5. The van der Waals surface area contributed by atoms with Crippen LogP contribution in [0, 0.1) is 0 Å². The molecule has 0 aliphatic heterocycles. The first-order valence-corrected chi connectivity index (χ1v) is 8.74. The molecule has 0 spiro atoms. The number of hydrogen-bond donors (Lipinski definition) is 1. The molecule has 0 saturated heterocycles. The van der Waals surface area contributed by atoms with E-state index >= 15 is 0 Å². The largest absolute Gasteiger partial charge is 0.416 e. The zero-order chi connectivity index (χ0) is 20.6. The van der Waals surface area contributed by atoms with E-state index in [1.54, 1.807) is 24.4 Å². The summed E-state index contributed by atoms with van der Waals surface area (Å²) in [5.74, 6) is -0.304. The molecule has 0 unspecified atom stereocenters. The number of anilines is 1. The number of alkyl halides is 3. The van der Waals surface area contributed by atoms with Crippen LogP contribution in [-0.2, 0) is 12.6 Å². The van der Waals surface area contributed by atoms with Gasteiger partial charge >= 0.3 is 6.18 Å². The van der Waals surface area contributed by atoms with E-state index in [-0.39, 0.29) is 5.95 Å². The second kappa shape index (κ2) is 7.04. The molecule has 1 amide bonds. The molecule has 0 radical (unpaired) electrons. The Balaban J connectivity index is 1.62. The number of benzene rings is 1. The molecule has 1 N–H and O–H groups in total. The fourth-order valence-corrected chi connectivity index (χ4v) is 2.97. The maximum Gasteiger partial charge on any atom is 0.416 e. The highest BCUT2D eigenvalue weighted by molar-refractivity contribution is 6.04. The summed E-state index contributed by atoms with van der Waals surface area (Å²) in [6.07, 6.45) is -0.884. The molecular formula is C19H15F3N6O. The van der Waals surface area contributed by atoms with Gasteiger partial charge in [-0.3, -0.25) is 10.1 Å². The second-order valence-electron chi connectivity index (χ2n) is 6.21. The number of rotatable bonds is 4. The van der Waals surface area contributed by atoms with Crippen LogP contribution in [0.3, 0.4) is 0 Å². The van der Waals surface area contributed by atoms with Gasteiger partial charge in [0.2, 0.25) is 5.95 Å². The van der Waals surface area contributed by atoms with Crippen LogP contribution in [0.15, 0.2) is 54.9 Å². The third-order valence-electron chi connectivity index (χ3n) is 4.35. The molecule has 0 fully saturated rings. The number of hydrogen-bond acceptors (Lipinski definition) is 4. The van der Waals surface area contributed by atoms with Gasteiger partial charge in [-0.15, -0.1) is 5.10 Å². The van der Waals surface area contributed by atoms with Crippen LogP contribution in [0.4, 0.5) is 19.1 Å². The van der Waals surface area contributed by atoms with Crippen molar-refractivity contribution in [3.05, 3.63) is 71.7 Å². The molecule has 7 nitrogen and oxygen atoms in total. The highest BCUT2D eigenvalue weighted by Crippen LogP contribution is 2.30. The number of nitrogens with one attached hydrogen (secondary N) is 1. The Morgan fingerprint density at radius 2 is 1.90 bits per heavy atom. The molecule has 0 bridgehead atoms. The number of pyridine rings is 1. The molecule has 4 aromatic rings. The van der Waals surface area contributed by atoms with E-state index in [0.29, 0.717) is 29.0 Å². The minimum atomic E-state index is -4.41. The first-order chi connectivity index (χ1) is 13.9. The van der Waals surface area contributed by atoms with Crippen molar-refractivity contribution in [2.75, 3.05) is 5.32 Å². The van der Waals surface area contributed by atoms with Crippen molar-refractivity contribution in [1.82, 2.24) is 24.4 Å². The lowest BCUT2D eigenvalue weighted by Crippen LogP contribution is -2.15. The third kappa shape index (κ3) is 3.56. The molecule has 0 aliphatic rings. The highest BCUT2D eigenvalue weighted by atomic mass is 19.4. The lowest BCUT2D eigenvalue weighted by Gasteiger charge is -2.10. The van der Waals surface area contributed by atoms with Gasteiger partial charge in [0.25, 0.3) is 5.91 Å². The summed E-state index contributed by atoms with van der Waals surface area (Å²) in [7, 11) is 0. The first kappa shape index (κ1) is 18.7. The van der Waals surface area contributed by atoms with Crippen molar-refractivity contribution in [3.8, 4) is 5.69 Å². The summed E-state index contributed by atoms with van der Waals surface area (Å²) < 4.78 is 41.3. The summed E-state index contributed by atoms with van der Waals surface area (Å²) in [5, 5.41) is 11.0. The Morgan fingerprint density at radius 1 is 1.14 bits per heavy atom. The maximum atomic E-state index is 12.8. The van der Waals surface area contributed by atoms with E-state index in [4.69, 9.17) is 0 Å². The molecule has 3 aromatic heterocycles. The summed E-state index contributed by atoms with van der Waals surface area (Å²) in [4.78, 5) is 16.9. The molecule has 148 valence electrons. The van der Waals surface area contributed by atoms with Crippen LogP contribution in [0.1, 0.15) is 28.5 Å². The van der Waals surface area contributed by atoms with Crippen LogP contribution in [0.25, 0.3) is 11.3 Å². The molecule has 1 aromatic carbocycles. The Hall–Kier alpha value is -3.69. The number of aromatic nitrogens is 5. The smallest absolute Gasteiger partial charge is 0.289 e. The van der Waals surface area contributed by atoms with Gasteiger partial charge < -0.3 is 0 Å². The van der Waals surface area contributed by atoms with Crippen molar-refractivity contribution < 1.29 is 18.0 Å². The fraction of sp³-hybridized carbons (Fsp3) is 0.158. The molecule has 0 saturated carbocycles. The maximum absolute atomic E-state index is 12.8. The van der Waals surface area contributed by atoms with Crippen LogP contribution in [0.5, 0.6) is 0 Å². The fourth-order valence-electron chi connectivity index (χ4n) is 2.97. The summed E-state index contributed by atoms with van der Waals surface area (Å²) in [5.41, 5.74) is 1.12. The lowest BCUT2D eigenvalue weighted by molar-refractivity contribution is -0.137. The normalized spacial score (nSPS) is 11.7. The number of halogens is 3. The minimum Gasteiger partial charge on any atom is -0.289 e. The molecule has 3 heterocycles. The van der Waals surface area contributed by atoms with Crippen molar-refractivity contribution in [3.63, 3.8) is 0 Å². The summed E-state index contributed by atoms with van der Waals surface area (Å²) in [6, 6.07) is 9.95. The Kier molecular flexibility index (Phi) is 4.53. The predicted octanol–water partition coefficient (Wildman–Crippen LogP) is 3.75. The minimum absolute atomic E-state index is 0.144. The second-order valence-corrected chi connectivity index (χ2v) is 6.21. The molecule has 0 atom stereocenters. The standard InChI is InChI=1S/C19H15F3N6O/c1-2-15-14(17(29)25-18-24-16-5-3-4-10-27(16)26-18)11-23-28(15)13-8-6-12(7-9-13)19(20,21)22/h3-11H,2H2,1H3,(H,25,26,29). The van der Waals surface area contributed by atoms with E-state index in [9.17, 15) is 18.0 Å². The van der Waals surface area contributed by atoms with Crippen LogP contribution >= 0.6 is 0 Å². The van der Waals surface area contributed by atoms with E-state index in [0.717, 1.165) is 12.1 Å². The third-order valence-corrected chi connectivity index (χ3v) is 4.35. The molecule has 29 heavy (non-hydrogen) atoms. The Labute approximate surface area is 162 Å². The summed E-state index contributed by atoms with van der Waals surface area (Å²) >= 11 is 0. The highest BCUT2D eigenvalue weighted by Gasteiger charge is 2.30. The van der Waals surface area contributed by atoms with Crippen molar-refractivity contribution in [1.29, 1.82) is 0 Å². The van der Waals surface area contributed by atoms with Gasteiger partial charge in [0.05, 0.1) is 28.7 Å². The number of carbonyl (C=O) groups is 1. The molecular weight excluding hydrogens is 385 g/mol. The Morgan fingerprint density at radius 3 is 2.55 bits per heavy atom. The SMILES string of the molecule is CCc1c(C(=O)Nc2nc3ccccn3n2)cnn1-c1ccc(C(F)(F)F)cc1. The monoisotopic (exact) mass is 400 g/mol. The first-order valence-electron chi connectivity index (χ1n) is 8.74. The number of carbonyl (C=O) groups excluding carboxylic acids is 1. The van der Waals surface area contributed by atoms with E-state index in [1.807, 2.05) is 6.92 Å². The van der Waals surface area contributed by atoms with Crippen molar-refractivity contribution in [2.45, 2.75) is 19.5 Å². The lowest BCUT2D eigenvalue weighted by atomic mass is 10.1. The molecule has 10 heteroatoms. The van der Waals surface area contributed by atoms with Gasteiger partial charge in [0.15, 0.2) is 5.65 Å². The van der Waals surface area contributed by atoms with Gasteiger partial charge in [0.1, 0.15) is 0 Å². The average molecular weight is 400 g/mol. The van der Waals surface area contributed by atoms with Gasteiger partial charge in [-0.05, 0) is 42.8 Å². The average Bonchev–Trinajstić information content (AvgIpc) is 3.30. The van der Waals surface area contributed by atoms with Gasteiger partial charge in [-0.2, -0.15) is 23.3 Å². The van der Waals surface area contributed by atoms with Crippen LogP contribution < -0.4 is 5.32 Å². The topological polar surface area (TPSA) is 77.1 Å². The van der Waals surface area contributed by atoms with Crippen LogP contribution in [-0.4, -0.2) is 30.3 Å². The number of amides is 1. The summed E-state index contributed by atoms with van der Waals surface area (Å²) in [6.45, 7) is 1.83. The van der Waals surface area contributed by atoms with Crippen molar-refractivity contribution >= 4 is 17.5 Å². The van der Waals surface area contributed by atoms with E-state index < -0.39 is 17.6 Å². The van der Waals surface area contributed by atoms with Crippen LogP contribution in [0.2, 0.25) is 0 Å². The molecule has 4 rings (SSSR count). The number of fused-ring (bicyclic) bond motifs is 1. The zero-order valence-corrected chi connectivity index (χ0v) is 15.2. The zero-order valence-electron chi connectivity index (χ0n) is 15.2. The van der Waals surface area contributed by atoms with Gasteiger partial charge in [-0.1, -0.05) is 13.0 Å². The predicted molar refractivity (Wildman–Crippen MR) is 98.9 cm³/mol. The van der Waals surface area contributed by atoms with E-state index in [2.05, 4.69) is 20.5 Å². The molecule has 0 aliphatic carbocycles. The van der Waals surface area contributed by atoms with E-state index in [1.165, 1.54) is 27.5 Å².